The number of hydrogen-bond donors (Lipinski definition) is 7. The number of carbonyl (C=O) groups excluding carboxylic acids is 4. The summed E-state index contributed by atoms with van der Waals surface area (Å²) in [6.07, 6.45) is -6.92. The summed E-state index contributed by atoms with van der Waals surface area (Å²) in [5, 5.41) is 72.0. The molecule has 59 heavy (non-hydrogen) atoms. The number of hydrogen-bond acceptors (Lipinski definition) is 16. The Hall–Kier alpha value is -4.88. The second-order valence-electron chi connectivity index (χ2n) is 15.3. The fourth-order valence-corrected chi connectivity index (χ4v) is 9.49. The maximum atomic E-state index is 15.2. The molecule has 3 aliphatic carbocycles. The third-order valence-electron chi connectivity index (χ3n) is 12.3. The number of ketones is 4. The molecule has 1 aliphatic heterocycles. The van der Waals surface area contributed by atoms with Crippen molar-refractivity contribution in [1.29, 1.82) is 0 Å². The molecule has 3 aromatic rings. The van der Waals surface area contributed by atoms with Crippen LogP contribution in [0.4, 0.5) is 0 Å². The highest BCUT2D eigenvalue weighted by Gasteiger charge is 2.72. The molecule has 9 atom stereocenters. The summed E-state index contributed by atoms with van der Waals surface area (Å²) in [6, 6.07) is 12.0. The van der Waals surface area contributed by atoms with Crippen LogP contribution in [-0.4, -0.2) is 131 Å². The number of phenols is 2. The molecule has 16 heteroatoms. The third kappa shape index (κ3) is 6.24. The van der Waals surface area contributed by atoms with E-state index in [4.69, 9.17) is 23.7 Å². The van der Waals surface area contributed by atoms with Crippen LogP contribution in [0.2, 0.25) is 0 Å². The van der Waals surface area contributed by atoms with Gasteiger partial charge in [0.15, 0.2) is 29.7 Å². The highest BCUT2D eigenvalue weighted by Crippen LogP contribution is 2.58. The third-order valence-corrected chi connectivity index (χ3v) is 12.3. The lowest BCUT2D eigenvalue weighted by Crippen LogP contribution is -2.74. The molecule has 3 aromatic carbocycles. The number of ether oxygens (including phenoxy) is 5. The van der Waals surface area contributed by atoms with E-state index in [1.165, 1.54) is 20.3 Å². The molecule has 0 saturated carbocycles. The van der Waals surface area contributed by atoms with Gasteiger partial charge in [0.05, 0.1) is 47.8 Å². The predicted molar refractivity (Wildman–Crippen MR) is 205 cm³/mol. The molecule has 0 spiro atoms. The molecule has 1 fully saturated rings. The van der Waals surface area contributed by atoms with Crippen LogP contribution in [0.5, 0.6) is 11.5 Å². The van der Waals surface area contributed by atoms with E-state index in [0.29, 0.717) is 18.4 Å². The molecule has 7 N–H and O–H groups in total. The first-order valence-electron chi connectivity index (χ1n) is 19.1. The van der Waals surface area contributed by atoms with Gasteiger partial charge in [0.2, 0.25) is 11.6 Å². The van der Waals surface area contributed by atoms with E-state index in [1.54, 1.807) is 13.8 Å². The van der Waals surface area contributed by atoms with Gasteiger partial charge in [-0.15, -0.1) is 0 Å². The van der Waals surface area contributed by atoms with E-state index >= 15 is 4.79 Å². The first kappa shape index (κ1) is 42.3. The number of aromatic hydroxyl groups is 2. The lowest BCUT2D eigenvalue weighted by atomic mass is 9.50. The maximum absolute atomic E-state index is 15.2. The zero-order chi connectivity index (χ0) is 42.7. The highest BCUT2D eigenvalue weighted by atomic mass is 16.6. The largest absolute Gasteiger partial charge is 0.507 e. The predicted octanol–water partition coefficient (Wildman–Crippen LogP) is 1.65. The average molecular weight is 818 g/mol. The van der Waals surface area contributed by atoms with Crippen molar-refractivity contribution in [2.24, 2.45) is 0 Å². The van der Waals surface area contributed by atoms with Gasteiger partial charge < -0.3 is 59.6 Å². The van der Waals surface area contributed by atoms with Crippen LogP contribution >= 0.6 is 0 Å². The van der Waals surface area contributed by atoms with Crippen LogP contribution in [0, 0.1) is 6.92 Å². The molecule has 0 amide bonds. The number of fused-ring (bicyclic) bond motifs is 5. The summed E-state index contributed by atoms with van der Waals surface area (Å²) < 4.78 is 28.2. The topological polar surface area (TPSA) is 248 Å². The molecular formula is C43H47NO15. The molecule has 0 bridgehead atoms. The zero-order valence-corrected chi connectivity index (χ0v) is 33.1. The molecule has 314 valence electrons. The average Bonchev–Trinajstić information content (AvgIpc) is 3.20. The van der Waals surface area contributed by atoms with E-state index in [0.717, 1.165) is 24.8 Å². The van der Waals surface area contributed by atoms with Crippen molar-refractivity contribution in [3.63, 3.8) is 0 Å². The summed E-state index contributed by atoms with van der Waals surface area (Å²) in [5.74, 6) is -5.92. The van der Waals surface area contributed by atoms with Crippen molar-refractivity contribution in [2.75, 3.05) is 34.5 Å². The van der Waals surface area contributed by atoms with E-state index in [2.05, 4.69) is 5.32 Å². The number of benzene rings is 3. The zero-order valence-electron chi connectivity index (χ0n) is 33.1. The molecule has 0 radical (unpaired) electrons. The van der Waals surface area contributed by atoms with Gasteiger partial charge in [0, 0.05) is 50.5 Å². The van der Waals surface area contributed by atoms with Crippen molar-refractivity contribution in [2.45, 2.75) is 87.2 Å². The highest BCUT2D eigenvalue weighted by molar-refractivity contribution is 6.31. The number of carbonyl (C=O) groups is 4. The molecule has 7 rings (SSSR count). The quantitative estimate of drug-likeness (QED) is 0.101. The molecule has 16 nitrogen and oxygen atoms in total. The van der Waals surface area contributed by atoms with Crippen molar-refractivity contribution in [3.05, 3.63) is 104 Å². The Morgan fingerprint density at radius 1 is 0.932 bits per heavy atom. The lowest BCUT2D eigenvalue weighted by Gasteiger charge is -2.55. The van der Waals surface area contributed by atoms with Crippen LogP contribution in [0.1, 0.15) is 88.9 Å². The second kappa shape index (κ2) is 15.9. The Morgan fingerprint density at radius 2 is 1.63 bits per heavy atom. The Morgan fingerprint density at radius 3 is 2.27 bits per heavy atom. The Kier molecular flexibility index (Phi) is 11.4. The normalized spacial score (nSPS) is 29.3. The standard InChI is InChI=1S/C43H47NO15/c1-19-14-22-15-27(47)43(57-5)39(53)30-24(38(52)42(43,18-45)31(22)34(50)28(19)41(54)58-13-9-12-21-10-7-6-8-11-21)16-23-29(33(30)49)26(46)17-25(32(23)48)44-40-37(56-4)35(51)36(55-3)20(2)59-40/h6-8,10-11,14,16-17,20,27,35-37,40-41,44-45,47,49-51,54H,9,12-13,15,18H2,1-5H3/t20-,27+,35+,36-,37+,40-,41?,42?,43?/m0/s1. The summed E-state index contributed by atoms with van der Waals surface area (Å²) >= 11 is 0. The number of methoxy groups -OCH3 is 3. The first-order chi connectivity index (χ1) is 28.1. The summed E-state index contributed by atoms with van der Waals surface area (Å²) in [5.41, 5.74) is -7.08. The monoisotopic (exact) mass is 817 g/mol. The van der Waals surface area contributed by atoms with Crippen LogP contribution < -0.4 is 5.32 Å². The van der Waals surface area contributed by atoms with Crippen molar-refractivity contribution < 1.29 is 73.5 Å². The molecule has 4 aliphatic rings. The fraction of sp³-hybridized carbons (Fsp3) is 0.442. The van der Waals surface area contributed by atoms with Gasteiger partial charge in [0.1, 0.15) is 35.2 Å². The fourth-order valence-electron chi connectivity index (χ4n) is 9.49. The smallest absolute Gasteiger partial charge is 0.209 e. The second-order valence-corrected chi connectivity index (χ2v) is 15.3. The number of aliphatic hydroxyl groups is 4. The number of aliphatic hydroxyl groups excluding tert-OH is 4. The minimum absolute atomic E-state index is 0.0669. The van der Waals surface area contributed by atoms with Gasteiger partial charge in [-0.3, -0.25) is 19.2 Å². The molecule has 0 aromatic heterocycles. The first-order valence-corrected chi connectivity index (χ1v) is 19.1. The number of allylic oxidation sites excluding steroid dienone is 2. The summed E-state index contributed by atoms with van der Waals surface area (Å²) in [6.45, 7) is 2.03. The van der Waals surface area contributed by atoms with Gasteiger partial charge in [-0.2, -0.15) is 0 Å². The number of phenolic OH excluding ortho intramolecular Hbond substituents is 2. The van der Waals surface area contributed by atoms with Crippen LogP contribution in [-0.2, 0) is 41.9 Å². The molecule has 3 unspecified atom stereocenters. The summed E-state index contributed by atoms with van der Waals surface area (Å²) in [7, 11) is 3.71. The lowest BCUT2D eigenvalue weighted by molar-refractivity contribution is -0.236. The van der Waals surface area contributed by atoms with Crippen molar-refractivity contribution in [1.82, 2.24) is 5.32 Å². The van der Waals surface area contributed by atoms with Gasteiger partial charge in [0.25, 0.3) is 0 Å². The van der Waals surface area contributed by atoms with E-state index in [9.17, 15) is 45.0 Å². The SMILES string of the molecule is CO[C@@H]1[C@@H](O)[C@@H](OC)[C@@H](NC2=CC(=O)c3c(cc4c(c3O)C(=O)C3(OC)[C@H](O)Cc5cc(C)c(C(O)OCCCc6ccccc6)c(O)c5C3(CO)C4=O)C2=O)O[C@H]1C. The Bertz CT molecular complexity index is 2240. The number of Topliss-reactive ketones (excluding diaryl/α,β-unsaturated/α-hetero) is 3. The minimum atomic E-state index is -2.69. The molecule has 1 heterocycles. The number of aryl methyl sites for hydroxylation is 2. The number of rotatable bonds is 12. The van der Waals surface area contributed by atoms with E-state index < -0.39 is 118 Å². The van der Waals surface area contributed by atoms with E-state index in [-0.39, 0.29) is 35.4 Å². The number of nitrogens with one attached hydrogen (secondary N) is 1. The van der Waals surface area contributed by atoms with Crippen molar-refractivity contribution in [3.8, 4) is 11.5 Å². The van der Waals surface area contributed by atoms with Crippen LogP contribution in [0.15, 0.2) is 54.2 Å². The van der Waals surface area contributed by atoms with E-state index in [1.807, 2.05) is 30.3 Å². The minimum Gasteiger partial charge on any atom is -0.507 e. The van der Waals surface area contributed by atoms with Crippen LogP contribution in [0.3, 0.4) is 0 Å². The molecular weight excluding hydrogens is 770 g/mol. The Balaban J connectivity index is 1.30. The van der Waals surface area contributed by atoms with Gasteiger partial charge in [-0.05, 0) is 49.4 Å². The summed E-state index contributed by atoms with van der Waals surface area (Å²) in [4.78, 5) is 58.0. The van der Waals surface area contributed by atoms with Gasteiger partial charge in [-0.25, -0.2) is 0 Å². The van der Waals surface area contributed by atoms with Crippen LogP contribution in [0.25, 0.3) is 0 Å². The van der Waals surface area contributed by atoms with Crippen molar-refractivity contribution >= 4 is 23.1 Å². The van der Waals surface area contributed by atoms with Gasteiger partial charge in [-0.1, -0.05) is 36.4 Å². The molecule has 1 saturated heterocycles. The van der Waals surface area contributed by atoms with Gasteiger partial charge >= 0.3 is 0 Å². The maximum Gasteiger partial charge on any atom is 0.209 e. The Labute approximate surface area is 338 Å².